The first-order chi connectivity index (χ1) is 13.4. The van der Waals surface area contributed by atoms with Crippen molar-refractivity contribution in [3.63, 3.8) is 0 Å². The standard InChI is InChI=1S/C18H31N5O4S/c1-4-13(5-2)16-10-15(27-23-16)11-21-18(19-3)20-8-6-17(24)22-14-7-9-28(25,26)12-14/h10,13-14H,4-9,11-12H2,1-3H3,(H,22,24)(H2,19,20,21). The average Bonchev–Trinajstić information content (AvgIpc) is 3.25. The fourth-order valence-corrected chi connectivity index (χ4v) is 4.88. The average molecular weight is 414 g/mol. The van der Waals surface area contributed by atoms with Crippen LogP contribution >= 0.6 is 0 Å². The van der Waals surface area contributed by atoms with E-state index in [1.165, 1.54) is 0 Å². The van der Waals surface area contributed by atoms with Gasteiger partial charge in [-0.05, 0) is 19.3 Å². The molecular weight excluding hydrogens is 382 g/mol. The predicted octanol–water partition coefficient (Wildman–Crippen LogP) is 0.937. The van der Waals surface area contributed by atoms with Crippen LogP contribution in [0, 0.1) is 0 Å². The lowest BCUT2D eigenvalue weighted by Gasteiger charge is -2.13. The first kappa shape index (κ1) is 22.2. The van der Waals surface area contributed by atoms with Gasteiger partial charge in [0.15, 0.2) is 21.6 Å². The maximum atomic E-state index is 12.0. The number of guanidine groups is 1. The molecule has 1 amide bonds. The molecule has 0 aromatic carbocycles. The molecule has 2 heterocycles. The molecule has 158 valence electrons. The van der Waals surface area contributed by atoms with E-state index >= 15 is 0 Å². The quantitative estimate of drug-likeness (QED) is 0.406. The second kappa shape index (κ2) is 10.4. The third-order valence-corrected chi connectivity index (χ3v) is 6.64. The third kappa shape index (κ3) is 6.81. The fraction of sp³-hybridized carbons (Fsp3) is 0.722. The Morgan fingerprint density at radius 1 is 1.36 bits per heavy atom. The summed E-state index contributed by atoms with van der Waals surface area (Å²) in [5.41, 5.74) is 0.968. The number of aliphatic imine (C=N–C) groups is 1. The van der Waals surface area contributed by atoms with Gasteiger partial charge in [-0.25, -0.2) is 8.42 Å². The molecule has 28 heavy (non-hydrogen) atoms. The summed E-state index contributed by atoms with van der Waals surface area (Å²) in [5, 5.41) is 13.1. The van der Waals surface area contributed by atoms with Crippen molar-refractivity contribution in [1.82, 2.24) is 21.1 Å². The van der Waals surface area contributed by atoms with Gasteiger partial charge in [-0.2, -0.15) is 0 Å². The molecule has 1 aliphatic rings. The van der Waals surface area contributed by atoms with Crippen LogP contribution in [-0.2, 0) is 21.2 Å². The molecule has 1 aromatic rings. The summed E-state index contributed by atoms with van der Waals surface area (Å²) in [5.74, 6) is 1.69. The summed E-state index contributed by atoms with van der Waals surface area (Å²) < 4.78 is 28.2. The Bertz CT molecular complexity index is 771. The van der Waals surface area contributed by atoms with E-state index < -0.39 is 9.84 Å². The van der Waals surface area contributed by atoms with Gasteiger partial charge in [0.25, 0.3) is 0 Å². The third-order valence-electron chi connectivity index (χ3n) is 4.88. The Kier molecular flexibility index (Phi) is 8.28. The minimum atomic E-state index is -2.99. The van der Waals surface area contributed by atoms with E-state index in [-0.39, 0.29) is 29.9 Å². The molecular formula is C18H31N5O4S. The highest BCUT2D eigenvalue weighted by Crippen LogP contribution is 2.22. The summed E-state index contributed by atoms with van der Waals surface area (Å²) in [6.07, 6.45) is 2.77. The monoisotopic (exact) mass is 413 g/mol. The molecule has 1 aliphatic heterocycles. The number of aromatic nitrogens is 1. The lowest BCUT2D eigenvalue weighted by atomic mass is 9.99. The molecule has 0 saturated carbocycles. The Labute approximate surface area is 166 Å². The van der Waals surface area contributed by atoms with Crippen LogP contribution in [0.4, 0.5) is 0 Å². The van der Waals surface area contributed by atoms with Gasteiger partial charge in [0.05, 0.1) is 23.7 Å². The van der Waals surface area contributed by atoms with Crippen molar-refractivity contribution in [2.24, 2.45) is 4.99 Å². The highest BCUT2D eigenvalue weighted by atomic mass is 32.2. The molecule has 10 heteroatoms. The molecule has 2 rings (SSSR count). The molecule has 1 saturated heterocycles. The van der Waals surface area contributed by atoms with Gasteiger partial charge in [-0.15, -0.1) is 0 Å². The van der Waals surface area contributed by atoms with Gasteiger partial charge in [-0.1, -0.05) is 19.0 Å². The number of hydrogen-bond donors (Lipinski definition) is 3. The highest BCUT2D eigenvalue weighted by Gasteiger charge is 2.28. The Morgan fingerprint density at radius 2 is 2.11 bits per heavy atom. The lowest BCUT2D eigenvalue weighted by molar-refractivity contribution is -0.121. The topological polar surface area (TPSA) is 126 Å². The van der Waals surface area contributed by atoms with Crippen LogP contribution in [0.1, 0.15) is 56.9 Å². The number of rotatable bonds is 9. The summed E-state index contributed by atoms with van der Waals surface area (Å²) in [4.78, 5) is 16.1. The van der Waals surface area contributed by atoms with Gasteiger partial charge >= 0.3 is 0 Å². The van der Waals surface area contributed by atoms with Crippen LogP contribution in [-0.4, -0.2) is 56.6 Å². The normalized spacial score (nSPS) is 19.0. The van der Waals surface area contributed by atoms with E-state index in [0.29, 0.717) is 31.4 Å². The van der Waals surface area contributed by atoms with Crippen molar-refractivity contribution in [2.45, 2.75) is 58.0 Å². The van der Waals surface area contributed by atoms with E-state index in [9.17, 15) is 13.2 Å². The number of carbonyl (C=O) groups is 1. The summed E-state index contributed by atoms with van der Waals surface area (Å²) in [6, 6.07) is 1.69. The second-order valence-electron chi connectivity index (χ2n) is 7.00. The first-order valence-electron chi connectivity index (χ1n) is 9.76. The summed E-state index contributed by atoms with van der Waals surface area (Å²) >= 11 is 0. The van der Waals surface area contributed by atoms with Gasteiger partial charge < -0.3 is 20.5 Å². The minimum absolute atomic E-state index is 0.0332. The number of nitrogens with one attached hydrogen (secondary N) is 3. The van der Waals surface area contributed by atoms with Gasteiger partial charge in [0.2, 0.25) is 5.91 Å². The Morgan fingerprint density at radius 3 is 2.71 bits per heavy atom. The second-order valence-corrected chi connectivity index (χ2v) is 9.23. The van der Waals surface area contributed by atoms with Gasteiger partial charge in [0.1, 0.15) is 0 Å². The van der Waals surface area contributed by atoms with Gasteiger partial charge in [0, 0.05) is 38.0 Å². The van der Waals surface area contributed by atoms with E-state index in [0.717, 1.165) is 24.3 Å². The number of hydrogen-bond acceptors (Lipinski definition) is 6. The van der Waals surface area contributed by atoms with Crippen molar-refractivity contribution in [3.8, 4) is 0 Å². The zero-order chi connectivity index (χ0) is 20.6. The lowest BCUT2D eigenvalue weighted by Crippen LogP contribution is -2.40. The molecule has 0 spiro atoms. The van der Waals surface area contributed by atoms with E-state index in [1.807, 2.05) is 6.07 Å². The van der Waals surface area contributed by atoms with Crippen molar-refractivity contribution < 1.29 is 17.7 Å². The molecule has 0 bridgehead atoms. The van der Waals surface area contributed by atoms with Crippen molar-refractivity contribution >= 4 is 21.7 Å². The van der Waals surface area contributed by atoms with Crippen LogP contribution in [0.25, 0.3) is 0 Å². The summed E-state index contributed by atoms with van der Waals surface area (Å²) in [6.45, 7) is 5.10. The maximum absolute atomic E-state index is 12.0. The predicted molar refractivity (Wildman–Crippen MR) is 108 cm³/mol. The molecule has 9 nitrogen and oxygen atoms in total. The van der Waals surface area contributed by atoms with Crippen LogP contribution in [0.15, 0.2) is 15.6 Å². The number of nitrogens with zero attached hydrogens (tertiary/aromatic N) is 2. The van der Waals surface area contributed by atoms with E-state index in [2.05, 4.69) is 39.9 Å². The molecule has 1 atom stereocenters. The maximum Gasteiger partial charge on any atom is 0.222 e. The van der Waals surface area contributed by atoms with E-state index in [4.69, 9.17) is 4.52 Å². The van der Waals surface area contributed by atoms with Crippen LogP contribution < -0.4 is 16.0 Å². The van der Waals surface area contributed by atoms with Crippen LogP contribution in [0.5, 0.6) is 0 Å². The van der Waals surface area contributed by atoms with Crippen molar-refractivity contribution in [1.29, 1.82) is 0 Å². The first-order valence-corrected chi connectivity index (χ1v) is 11.6. The van der Waals surface area contributed by atoms with Crippen LogP contribution in [0.2, 0.25) is 0 Å². The fourth-order valence-electron chi connectivity index (χ4n) is 3.21. The van der Waals surface area contributed by atoms with Crippen molar-refractivity contribution in [3.05, 3.63) is 17.5 Å². The smallest absolute Gasteiger partial charge is 0.222 e. The minimum Gasteiger partial charge on any atom is -0.359 e. The summed E-state index contributed by atoms with van der Waals surface area (Å²) in [7, 11) is -1.35. The molecule has 1 aromatic heterocycles. The molecule has 1 fully saturated rings. The Hall–Kier alpha value is -2.10. The van der Waals surface area contributed by atoms with Gasteiger partial charge in [-0.3, -0.25) is 9.79 Å². The Balaban J connectivity index is 1.69. The zero-order valence-electron chi connectivity index (χ0n) is 16.8. The molecule has 0 radical (unpaired) electrons. The molecule has 0 aliphatic carbocycles. The number of amides is 1. The van der Waals surface area contributed by atoms with Crippen molar-refractivity contribution in [2.75, 3.05) is 25.1 Å². The SMILES string of the molecule is CCC(CC)c1cc(CNC(=NC)NCCC(=O)NC2CCS(=O)(=O)C2)on1. The molecule has 3 N–H and O–H groups in total. The number of carbonyl (C=O) groups excluding carboxylic acids is 1. The molecule has 1 unspecified atom stereocenters. The number of sulfone groups is 1. The zero-order valence-corrected chi connectivity index (χ0v) is 17.6. The largest absolute Gasteiger partial charge is 0.359 e. The van der Waals surface area contributed by atoms with E-state index in [1.54, 1.807) is 7.05 Å². The van der Waals surface area contributed by atoms with Crippen LogP contribution in [0.3, 0.4) is 0 Å². The highest BCUT2D eigenvalue weighted by molar-refractivity contribution is 7.91.